The van der Waals surface area contributed by atoms with Gasteiger partial charge < -0.3 is 9.73 Å². The van der Waals surface area contributed by atoms with Gasteiger partial charge in [-0.25, -0.2) is 0 Å². The summed E-state index contributed by atoms with van der Waals surface area (Å²) in [7, 11) is 0. The van der Waals surface area contributed by atoms with Crippen LogP contribution in [0.2, 0.25) is 0 Å². The van der Waals surface area contributed by atoms with Gasteiger partial charge in [0.15, 0.2) is 0 Å². The molecule has 1 aliphatic heterocycles. The number of furan rings is 1. The number of fused-ring (bicyclic) bond motifs is 1. The summed E-state index contributed by atoms with van der Waals surface area (Å²) in [5.41, 5.74) is 4.19. The van der Waals surface area contributed by atoms with E-state index < -0.39 is 0 Å². The second-order valence-electron chi connectivity index (χ2n) is 5.88. The Morgan fingerprint density at radius 3 is 2.57 bits per heavy atom. The first kappa shape index (κ1) is 14.4. The van der Waals surface area contributed by atoms with E-state index in [1.165, 1.54) is 16.7 Å². The number of hydrogen-bond acceptors (Lipinski definition) is 3. The lowest BCUT2D eigenvalue weighted by atomic mass is 10.1. The lowest BCUT2D eigenvalue weighted by Gasteiger charge is -2.12. The zero-order chi connectivity index (χ0) is 14.7. The first-order chi connectivity index (χ1) is 10.3. The molecule has 0 radical (unpaired) electrons. The van der Waals surface area contributed by atoms with E-state index in [2.05, 4.69) is 54.4 Å². The topological polar surface area (TPSA) is 28.4 Å². The first-order valence-electron chi connectivity index (χ1n) is 7.84. The van der Waals surface area contributed by atoms with Crippen LogP contribution in [0.3, 0.4) is 0 Å². The van der Waals surface area contributed by atoms with E-state index in [1.807, 2.05) is 0 Å². The quantitative estimate of drug-likeness (QED) is 0.822. The summed E-state index contributed by atoms with van der Waals surface area (Å²) >= 11 is 0. The number of benzene rings is 1. The minimum absolute atomic E-state index is 0.892. The minimum atomic E-state index is 0.892. The number of hydrogen-bond donors (Lipinski definition) is 1. The van der Waals surface area contributed by atoms with Crippen molar-refractivity contribution in [3.05, 3.63) is 58.5 Å². The molecule has 0 saturated heterocycles. The van der Waals surface area contributed by atoms with Crippen molar-refractivity contribution < 1.29 is 4.42 Å². The molecule has 0 spiro atoms. The van der Waals surface area contributed by atoms with Gasteiger partial charge in [-0.1, -0.05) is 31.2 Å². The molecule has 1 aromatic carbocycles. The summed E-state index contributed by atoms with van der Waals surface area (Å²) in [6, 6.07) is 10.9. The zero-order valence-electron chi connectivity index (χ0n) is 13.0. The number of aryl methyl sites for hydroxylation is 1. The van der Waals surface area contributed by atoms with E-state index in [-0.39, 0.29) is 0 Å². The highest BCUT2D eigenvalue weighted by atomic mass is 16.3. The van der Waals surface area contributed by atoms with Crippen LogP contribution in [0, 0.1) is 6.92 Å². The Balaban J connectivity index is 1.60. The van der Waals surface area contributed by atoms with E-state index in [0.717, 1.165) is 50.7 Å². The Morgan fingerprint density at radius 1 is 1.19 bits per heavy atom. The van der Waals surface area contributed by atoms with Crippen molar-refractivity contribution >= 4 is 0 Å². The maximum Gasteiger partial charge on any atom is 0.118 e. The van der Waals surface area contributed by atoms with Crippen LogP contribution in [0.25, 0.3) is 0 Å². The van der Waals surface area contributed by atoms with Crippen LogP contribution in [-0.2, 0) is 26.2 Å². The van der Waals surface area contributed by atoms with Crippen molar-refractivity contribution in [2.24, 2.45) is 0 Å². The lowest BCUT2D eigenvalue weighted by molar-refractivity contribution is 0.249. The highest BCUT2D eigenvalue weighted by Gasteiger charge is 2.19. The summed E-state index contributed by atoms with van der Waals surface area (Å²) in [6.45, 7) is 9.16. The van der Waals surface area contributed by atoms with Gasteiger partial charge in [0, 0.05) is 25.2 Å². The maximum absolute atomic E-state index is 5.92. The van der Waals surface area contributed by atoms with Crippen LogP contribution >= 0.6 is 0 Å². The van der Waals surface area contributed by atoms with Gasteiger partial charge in [0.1, 0.15) is 11.5 Å². The molecular formula is C18H24N2O. The fourth-order valence-corrected chi connectivity index (χ4v) is 2.98. The van der Waals surface area contributed by atoms with Crippen LogP contribution in [-0.4, -0.2) is 11.4 Å². The second-order valence-corrected chi connectivity index (χ2v) is 5.88. The number of nitrogens with one attached hydrogen (secondary N) is 1. The van der Waals surface area contributed by atoms with Crippen LogP contribution in [0.4, 0.5) is 0 Å². The molecule has 0 amide bonds. The van der Waals surface area contributed by atoms with Gasteiger partial charge in [-0.3, -0.25) is 4.90 Å². The molecule has 0 saturated carbocycles. The molecule has 0 aliphatic carbocycles. The van der Waals surface area contributed by atoms with Crippen molar-refractivity contribution in [2.75, 3.05) is 6.54 Å². The van der Waals surface area contributed by atoms with E-state index in [4.69, 9.17) is 4.42 Å². The van der Waals surface area contributed by atoms with Crippen molar-refractivity contribution in [1.82, 2.24) is 10.2 Å². The average Bonchev–Trinajstić information content (AvgIpc) is 3.02. The van der Waals surface area contributed by atoms with E-state index in [0.29, 0.717) is 0 Å². The summed E-state index contributed by atoms with van der Waals surface area (Å²) in [5.74, 6) is 2.12. The Morgan fingerprint density at radius 2 is 1.90 bits per heavy atom. The van der Waals surface area contributed by atoms with Gasteiger partial charge >= 0.3 is 0 Å². The van der Waals surface area contributed by atoms with Crippen molar-refractivity contribution in [1.29, 1.82) is 0 Å². The predicted molar refractivity (Wildman–Crippen MR) is 84.8 cm³/mol. The molecule has 1 aromatic heterocycles. The molecule has 0 atom stereocenters. The molecule has 3 rings (SSSR count). The predicted octanol–water partition coefficient (Wildman–Crippen LogP) is 3.60. The largest absolute Gasteiger partial charge is 0.465 e. The standard InChI is InChI=1S/C18H24N2O/c1-3-8-19-10-17-9-18(21-14(17)2)13-20-11-15-6-4-5-7-16(15)12-20/h4-7,9,19H,3,8,10-13H2,1-2H3. The van der Waals surface area contributed by atoms with Crippen molar-refractivity contribution in [3.8, 4) is 0 Å². The van der Waals surface area contributed by atoms with Gasteiger partial charge in [-0.05, 0) is 37.1 Å². The van der Waals surface area contributed by atoms with E-state index in [9.17, 15) is 0 Å². The summed E-state index contributed by atoms with van der Waals surface area (Å²) in [4.78, 5) is 2.44. The Hall–Kier alpha value is -1.58. The molecule has 0 bridgehead atoms. The maximum atomic E-state index is 5.92. The smallest absolute Gasteiger partial charge is 0.118 e. The third kappa shape index (κ3) is 3.36. The number of rotatable bonds is 6. The zero-order valence-corrected chi connectivity index (χ0v) is 13.0. The highest BCUT2D eigenvalue weighted by molar-refractivity contribution is 5.30. The molecule has 112 valence electrons. The van der Waals surface area contributed by atoms with Crippen LogP contribution < -0.4 is 5.32 Å². The van der Waals surface area contributed by atoms with Crippen LogP contribution in [0.1, 0.15) is 41.6 Å². The first-order valence-corrected chi connectivity index (χ1v) is 7.84. The minimum Gasteiger partial charge on any atom is -0.465 e. The van der Waals surface area contributed by atoms with Gasteiger partial charge in [0.2, 0.25) is 0 Å². The molecule has 0 fully saturated rings. The number of nitrogens with zero attached hydrogens (tertiary/aromatic N) is 1. The van der Waals surface area contributed by atoms with Crippen LogP contribution in [0.15, 0.2) is 34.7 Å². The molecule has 0 unspecified atom stereocenters. The van der Waals surface area contributed by atoms with Gasteiger partial charge in [0.05, 0.1) is 6.54 Å². The normalized spacial score (nSPS) is 14.6. The van der Waals surface area contributed by atoms with E-state index >= 15 is 0 Å². The highest BCUT2D eigenvalue weighted by Crippen LogP contribution is 2.25. The summed E-state index contributed by atoms with van der Waals surface area (Å²) in [6.07, 6.45) is 1.16. The Labute approximate surface area is 127 Å². The second kappa shape index (κ2) is 6.46. The molecular weight excluding hydrogens is 260 g/mol. The Kier molecular flexibility index (Phi) is 4.42. The third-order valence-electron chi connectivity index (χ3n) is 4.10. The average molecular weight is 284 g/mol. The molecule has 2 heterocycles. The van der Waals surface area contributed by atoms with E-state index in [1.54, 1.807) is 0 Å². The van der Waals surface area contributed by atoms with Crippen molar-refractivity contribution in [2.45, 2.75) is 46.4 Å². The van der Waals surface area contributed by atoms with Gasteiger partial charge in [0.25, 0.3) is 0 Å². The molecule has 1 N–H and O–H groups in total. The molecule has 1 aliphatic rings. The lowest BCUT2D eigenvalue weighted by Crippen LogP contribution is -2.15. The summed E-state index contributed by atoms with van der Waals surface area (Å²) in [5, 5.41) is 3.44. The molecule has 3 heteroatoms. The van der Waals surface area contributed by atoms with Crippen LogP contribution in [0.5, 0.6) is 0 Å². The molecule has 3 nitrogen and oxygen atoms in total. The fraction of sp³-hybridized carbons (Fsp3) is 0.444. The molecule has 21 heavy (non-hydrogen) atoms. The Bertz CT molecular complexity index is 578. The SMILES string of the molecule is CCCNCc1cc(CN2Cc3ccccc3C2)oc1C. The summed E-state index contributed by atoms with van der Waals surface area (Å²) < 4.78 is 5.92. The van der Waals surface area contributed by atoms with Gasteiger partial charge in [-0.15, -0.1) is 0 Å². The van der Waals surface area contributed by atoms with Crippen molar-refractivity contribution in [3.63, 3.8) is 0 Å². The van der Waals surface area contributed by atoms with Gasteiger partial charge in [-0.2, -0.15) is 0 Å². The monoisotopic (exact) mass is 284 g/mol. The fourth-order valence-electron chi connectivity index (χ4n) is 2.98. The third-order valence-corrected chi connectivity index (χ3v) is 4.10. The molecule has 2 aromatic rings.